The first-order chi connectivity index (χ1) is 13.2. The molecule has 0 aliphatic heterocycles. The third kappa shape index (κ3) is 8.55. The summed E-state index contributed by atoms with van der Waals surface area (Å²) in [6, 6.07) is 10.6. The number of aliphatic imine (C=N–C) groups is 1. The second kappa shape index (κ2) is 14.0. The fourth-order valence-corrected chi connectivity index (χ4v) is 3.94. The van der Waals surface area contributed by atoms with Gasteiger partial charge < -0.3 is 20.3 Å². The van der Waals surface area contributed by atoms with Crippen molar-refractivity contribution in [1.82, 2.24) is 10.6 Å². The number of nitrogens with zero attached hydrogens (tertiary/aromatic N) is 2. The van der Waals surface area contributed by atoms with E-state index in [1.165, 1.54) is 31.4 Å². The van der Waals surface area contributed by atoms with Crippen molar-refractivity contribution in [2.24, 2.45) is 10.4 Å². The van der Waals surface area contributed by atoms with Crippen LogP contribution in [0.25, 0.3) is 0 Å². The number of para-hydroxylation sites is 1. The fraction of sp³-hybridized carbons (Fsp3) is 0.682. The number of anilines is 1. The lowest BCUT2D eigenvalue weighted by molar-refractivity contribution is 0.138. The van der Waals surface area contributed by atoms with Gasteiger partial charge in [0.25, 0.3) is 0 Å². The molecule has 1 aromatic rings. The summed E-state index contributed by atoms with van der Waals surface area (Å²) in [5.74, 6) is 0.926. The number of ether oxygens (including phenoxy) is 1. The average Bonchev–Trinajstić information content (AvgIpc) is 3.18. The van der Waals surface area contributed by atoms with Crippen molar-refractivity contribution in [3.8, 4) is 0 Å². The molecule has 1 aromatic carbocycles. The molecular weight excluding hydrogens is 463 g/mol. The predicted molar refractivity (Wildman–Crippen MR) is 131 cm³/mol. The van der Waals surface area contributed by atoms with Crippen LogP contribution in [0, 0.1) is 5.41 Å². The highest BCUT2D eigenvalue weighted by Crippen LogP contribution is 2.40. The topological polar surface area (TPSA) is 48.9 Å². The van der Waals surface area contributed by atoms with E-state index in [9.17, 15) is 0 Å². The van der Waals surface area contributed by atoms with E-state index in [0.29, 0.717) is 5.41 Å². The Morgan fingerprint density at radius 1 is 1.14 bits per heavy atom. The quantitative estimate of drug-likeness (QED) is 0.205. The van der Waals surface area contributed by atoms with E-state index in [2.05, 4.69) is 57.9 Å². The molecule has 6 heteroatoms. The Kier molecular flexibility index (Phi) is 12.5. The summed E-state index contributed by atoms with van der Waals surface area (Å²) in [6.07, 6.45) is 8.70. The van der Waals surface area contributed by atoms with E-state index in [-0.39, 0.29) is 24.0 Å². The molecule has 1 saturated carbocycles. The monoisotopic (exact) mass is 502 g/mol. The van der Waals surface area contributed by atoms with Crippen LogP contribution in [-0.4, -0.2) is 53.4 Å². The van der Waals surface area contributed by atoms with E-state index in [4.69, 9.17) is 4.74 Å². The van der Waals surface area contributed by atoms with E-state index >= 15 is 0 Å². The summed E-state index contributed by atoms with van der Waals surface area (Å²) in [5, 5.41) is 7.03. The van der Waals surface area contributed by atoms with Crippen molar-refractivity contribution in [3.63, 3.8) is 0 Å². The zero-order chi connectivity index (χ0) is 19.4. The van der Waals surface area contributed by atoms with Crippen molar-refractivity contribution >= 4 is 35.6 Å². The van der Waals surface area contributed by atoms with E-state index in [1.807, 2.05) is 7.05 Å². The molecule has 0 amide bonds. The number of benzene rings is 1. The highest BCUT2D eigenvalue weighted by Gasteiger charge is 2.33. The maximum atomic E-state index is 5.33. The Labute approximate surface area is 188 Å². The Balaban J connectivity index is 0.00000392. The van der Waals surface area contributed by atoms with Crippen LogP contribution >= 0.6 is 24.0 Å². The van der Waals surface area contributed by atoms with Crippen LogP contribution in [0.4, 0.5) is 5.69 Å². The molecule has 0 atom stereocenters. The summed E-state index contributed by atoms with van der Waals surface area (Å²) in [5.41, 5.74) is 1.66. The molecule has 5 nitrogen and oxygen atoms in total. The molecule has 1 aliphatic rings. The van der Waals surface area contributed by atoms with Crippen molar-refractivity contribution in [2.45, 2.75) is 44.9 Å². The van der Waals surface area contributed by atoms with Gasteiger partial charge in [-0.1, -0.05) is 31.0 Å². The Hall–Kier alpha value is -1.02. The Morgan fingerprint density at radius 2 is 1.86 bits per heavy atom. The third-order valence-electron chi connectivity index (χ3n) is 5.76. The van der Waals surface area contributed by atoms with Gasteiger partial charge in [-0.15, -0.1) is 24.0 Å². The van der Waals surface area contributed by atoms with E-state index in [1.54, 1.807) is 7.11 Å². The number of methoxy groups -OCH3 is 1. The third-order valence-corrected chi connectivity index (χ3v) is 5.76. The lowest BCUT2D eigenvalue weighted by Gasteiger charge is -2.30. The molecule has 0 unspecified atom stereocenters. The Morgan fingerprint density at radius 3 is 2.50 bits per heavy atom. The summed E-state index contributed by atoms with van der Waals surface area (Å²) in [4.78, 5) is 6.71. The molecule has 2 rings (SSSR count). The van der Waals surface area contributed by atoms with Crippen LogP contribution in [0.2, 0.25) is 0 Å². The zero-order valence-corrected chi connectivity index (χ0v) is 20.2. The van der Waals surface area contributed by atoms with Crippen LogP contribution in [0.15, 0.2) is 35.3 Å². The van der Waals surface area contributed by atoms with Gasteiger partial charge in [0.15, 0.2) is 5.96 Å². The van der Waals surface area contributed by atoms with E-state index < -0.39 is 0 Å². The van der Waals surface area contributed by atoms with Gasteiger partial charge in [-0.2, -0.15) is 0 Å². The highest BCUT2D eigenvalue weighted by molar-refractivity contribution is 14.0. The summed E-state index contributed by atoms with van der Waals surface area (Å²) in [7, 11) is 5.81. The molecule has 0 radical (unpaired) electrons. The van der Waals surface area contributed by atoms with Crippen molar-refractivity contribution in [1.29, 1.82) is 0 Å². The molecule has 2 N–H and O–H groups in total. The number of hydrogen-bond donors (Lipinski definition) is 2. The first-order valence-electron chi connectivity index (χ1n) is 10.4. The lowest BCUT2D eigenvalue weighted by Crippen LogP contribution is -2.43. The SMILES string of the molecule is CN=C(NCCCCN(C)c1ccccc1)NCC1(CCOC)CCCC1.I. The molecule has 0 heterocycles. The molecule has 1 aliphatic carbocycles. The number of unbranched alkanes of at least 4 members (excludes halogenated alkanes) is 1. The van der Waals surface area contributed by atoms with Gasteiger partial charge >= 0.3 is 0 Å². The minimum Gasteiger partial charge on any atom is -0.385 e. The average molecular weight is 502 g/mol. The van der Waals surface area contributed by atoms with Crippen LogP contribution in [-0.2, 0) is 4.74 Å². The van der Waals surface area contributed by atoms with Gasteiger partial charge in [-0.3, -0.25) is 4.99 Å². The van der Waals surface area contributed by atoms with Gasteiger partial charge in [0.1, 0.15) is 0 Å². The number of rotatable bonds is 11. The number of hydrogen-bond acceptors (Lipinski definition) is 3. The highest BCUT2D eigenvalue weighted by atomic mass is 127. The maximum absolute atomic E-state index is 5.33. The fourth-order valence-electron chi connectivity index (χ4n) is 3.94. The zero-order valence-electron chi connectivity index (χ0n) is 17.9. The van der Waals surface area contributed by atoms with Gasteiger partial charge in [0.05, 0.1) is 0 Å². The van der Waals surface area contributed by atoms with Crippen LogP contribution in [0.3, 0.4) is 0 Å². The van der Waals surface area contributed by atoms with E-state index in [0.717, 1.165) is 51.5 Å². The molecule has 0 saturated heterocycles. The summed E-state index contributed by atoms with van der Waals surface area (Å²) >= 11 is 0. The normalized spacial score (nSPS) is 15.8. The number of nitrogens with one attached hydrogen (secondary N) is 2. The molecule has 0 spiro atoms. The molecule has 0 bridgehead atoms. The first kappa shape index (κ1) is 25.0. The van der Waals surface area contributed by atoms with Crippen LogP contribution in [0.5, 0.6) is 0 Å². The lowest BCUT2D eigenvalue weighted by atomic mass is 9.83. The van der Waals surface area contributed by atoms with Gasteiger partial charge in [-0.05, 0) is 49.7 Å². The smallest absolute Gasteiger partial charge is 0.190 e. The Bertz CT molecular complexity index is 547. The minimum atomic E-state index is 0. The van der Waals surface area contributed by atoms with Crippen LogP contribution < -0.4 is 15.5 Å². The van der Waals surface area contributed by atoms with Crippen molar-refractivity contribution < 1.29 is 4.74 Å². The number of halogens is 1. The minimum absolute atomic E-state index is 0. The first-order valence-corrected chi connectivity index (χ1v) is 10.4. The van der Waals surface area contributed by atoms with Crippen molar-refractivity contribution in [3.05, 3.63) is 30.3 Å². The van der Waals surface area contributed by atoms with Gasteiger partial charge in [-0.25, -0.2) is 0 Å². The second-order valence-corrected chi connectivity index (χ2v) is 7.77. The number of guanidine groups is 1. The van der Waals surface area contributed by atoms with Gasteiger partial charge in [0.2, 0.25) is 0 Å². The standard InChI is InChI=1S/C22H38N4O.HI/c1-23-21(25-19-22(15-18-27-3)13-7-8-14-22)24-16-9-10-17-26(2)20-11-5-4-6-12-20;/h4-6,11-12H,7-10,13-19H2,1-3H3,(H2,23,24,25);1H. The molecular formula is C22H39IN4O. The maximum Gasteiger partial charge on any atom is 0.190 e. The largest absolute Gasteiger partial charge is 0.385 e. The summed E-state index contributed by atoms with van der Waals surface area (Å²) < 4.78 is 5.33. The van der Waals surface area contributed by atoms with Gasteiger partial charge in [0, 0.05) is 53.1 Å². The summed E-state index contributed by atoms with van der Waals surface area (Å²) in [6.45, 7) is 3.86. The molecule has 28 heavy (non-hydrogen) atoms. The van der Waals surface area contributed by atoms with Crippen molar-refractivity contribution in [2.75, 3.05) is 52.3 Å². The molecule has 1 fully saturated rings. The predicted octanol–water partition coefficient (Wildman–Crippen LogP) is 4.28. The van der Waals surface area contributed by atoms with Crippen LogP contribution in [0.1, 0.15) is 44.9 Å². The molecule has 160 valence electrons. The second-order valence-electron chi connectivity index (χ2n) is 7.77. The molecule has 0 aromatic heterocycles.